The van der Waals surface area contributed by atoms with Gasteiger partial charge in [0.05, 0.1) is 0 Å². The summed E-state index contributed by atoms with van der Waals surface area (Å²) >= 11 is 0. The van der Waals surface area contributed by atoms with Crippen LogP contribution in [0, 0.1) is 23.7 Å². The van der Waals surface area contributed by atoms with Gasteiger partial charge in [0.25, 0.3) is 0 Å². The summed E-state index contributed by atoms with van der Waals surface area (Å²) in [6.45, 7) is 6.03. The van der Waals surface area contributed by atoms with E-state index in [9.17, 15) is 19.2 Å². The number of amides is 1. The van der Waals surface area contributed by atoms with Crippen LogP contribution in [-0.4, -0.2) is 29.8 Å². The van der Waals surface area contributed by atoms with Gasteiger partial charge < -0.3 is 5.32 Å². The summed E-state index contributed by atoms with van der Waals surface area (Å²) in [6, 6.07) is 13.9. The number of fused-ring (bicyclic) bond motifs is 1. The van der Waals surface area contributed by atoms with Crippen LogP contribution in [0.3, 0.4) is 0 Å². The first-order valence-electron chi connectivity index (χ1n) is 13.2. The molecule has 192 valence electrons. The fourth-order valence-electron chi connectivity index (χ4n) is 5.32. The summed E-state index contributed by atoms with van der Waals surface area (Å²) in [7, 11) is 0. The van der Waals surface area contributed by atoms with Gasteiger partial charge in [-0.15, -0.1) is 0 Å². The lowest BCUT2D eigenvalue weighted by molar-refractivity contribution is -0.131. The van der Waals surface area contributed by atoms with E-state index in [0.717, 1.165) is 29.2 Å². The average molecular weight is 490 g/mol. The molecule has 1 saturated carbocycles. The van der Waals surface area contributed by atoms with Gasteiger partial charge in [-0.25, -0.2) is 0 Å². The van der Waals surface area contributed by atoms with Crippen LogP contribution in [-0.2, 0) is 25.6 Å². The fourth-order valence-corrected chi connectivity index (χ4v) is 5.32. The number of carbonyl (C=O) groups is 4. The van der Waals surface area contributed by atoms with Gasteiger partial charge in [-0.2, -0.15) is 0 Å². The Morgan fingerprint density at radius 3 is 2.53 bits per heavy atom. The minimum atomic E-state index is -0.445. The zero-order chi connectivity index (χ0) is 26.1. The van der Waals surface area contributed by atoms with E-state index in [0.29, 0.717) is 32.0 Å². The van der Waals surface area contributed by atoms with E-state index >= 15 is 0 Å². The highest BCUT2D eigenvalue weighted by Gasteiger charge is 2.30. The third-order valence-corrected chi connectivity index (χ3v) is 7.25. The summed E-state index contributed by atoms with van der Waals surface area (Å²) in [5.41, 5.74) is 1.14. The number of Topliss-reactive ketones (excluding diaryl/α,β-unsaturated/α-hetero) is 2. The molecule has 3 rings (SSSR count). The Balaban J connectivity index is 1.68. The average Bonchev–Trinajstić information content (AvgIpc) is 3.25. The maximum absolute atomic E-state index is 13.3. The number of hydrogen-bond acceptors (Lipinski definition) is 4. The highest BCUT2D eigenvalue weighted by Crippen LogP contribution is 2.27. The number of rotatable bonds is 13. The molecule has 4 atom stereocenters. The number of hydrogen-bond donors (Lipinski definition) is 1. The Morgan fingerprint density at radius 2 is 1.83 bits per heavy atom. The predicted octanol–water partition coefficient (Wildman–Crippen LogP) is 5.64. The Kier molecular flexibility index (Phi) is 10.2. The van der Waals surface area contributed by atoms with E-state index < -0.39 is 12.0 Å². The highest BCUT2D eigenvalue weighted by atomic mass is 16.2. The lowest BCUT2D eigenvalue weighted by atomic mass is 9.85. The molecule has 2 aromatic carbocycles. The topological polar surface area (TPSA) is 80.3 Å². The molecule has 1 aliphatic rings. The van der Waals surface area contributed by atoms with Crippen LogP contribution < -0.4 is 5.32 Å². The first-order chi connectivity index (χ1) is 17.3. The van der Waals surface area contributed by atoms with Crippen molar-refractivity contribution in [3.8, 4) is 0 Å². The minimum absolute atomic E-state index is 0.0784. The molecule has 0 heterocycles. The number of nitrogens with one attached hydrogen (secondary N) is 1. The van der Waals surface area contributed by atoms with Crippen molar-refractivity contribution < 1.29 is 19.2 Å². The number of ketones is 2. The number of benzene rings is 2. The van der Waals surface area contributed by atoms with Crippen LogP contribution in [0.5, 0.6) is 0 Å². The van der Waals surface area contributed by atoms with Crippen molar-refractivity contribution >= 4 is 34.5 Å². The molecular formula is C31H39NO4. The van der Waals surface area contributed by atoms with E-state index in [2.05, 4.69) is 29.6 Å². The third-order valence-electron chi connectivity index (χ3n) is 7.25. The molecule has 0 unspecified atom stereocenters. The minimum Gasteiger partial charge on any atom is -0.350 e. The molecule has 1 N–H and O–H groups in total. The summed E-state index contributed by atoms with van der Waals surface area (Å²) < 4.78 is 0. The zero-order valence-corrected chi connectivity index (χ0v) is 21.7. The predicted molar refractivity (Wildman–Crippen MR) is 143 cm³/mol. The molecule has 0 aliphatic heterocycles. The van der Waals surface area contributed by atoms with Crippen LogP contribution in [0.2, 0.25) is 0 Å². The quantitative estimate of drug-likeness (QED) is 0.292. The number of aldehydes is 1. The van der Waals surface area contributed by atoms with Gasteiger partial charge in [0, 0.05) is 36.6 Å². The fraction of sp³-hybridized carbons (Fsp3) is 0.484. The molecule has 1 aliphatic carbocycles. The lowest BCUT2D eigenvalue weighted by Crippen LogP contribution is -2.41. The van der Waals surface area contributed by atoms with Gasteiger partial charge in [0.15, 0.2) is 0 Å². The summed E-state index contributed by atoms with van der Waals surface area (Å²) in [6.07, 6.45) is 7.90. The number of carbonyl (C=O) groups excluding carboxylic acids is 4. The van der Waals surface area contributed by atoms with Crippen molar-refractivity contribution in [3.05, 3.63) is 60.2 Å². The second kappa shape index (κ2) is 13.3. The number of allylic oxidation sites excluding steroid dienone is 1. The third kappa shape index (κ3) is 7.71. The second-order valence-corrected chi connectivity index (χ2v) is 10.7. The molecule has 5 nitrogen and oxygen atoms in total. The first-order valence-corrected chi connectivity index (χ1v) is 13.2. The van der Waals surface area contributed by atoms with Crippen LogP contribution in [0.25, 0.3) is 10.8 Å². The van der Waals surface area contributed by atoms with Gasteiger partial charge in [0.1, 0.15) is 17.9 Å². The van der Waals surface area contributed by atoms with Gasteiger partial charge in [-0.1, -0.05) is 69.3 Å². The molecule has 5 heteroatoms. The van der Waals surface area contributed by atoms with E-state index in [-0.39, 0.29) is 41.6 Å². The van der Waals surface area contributed by atoms with Crippen molar-refractivity contribution in [1.29, 1.82) is 0 Å². The van der Waals surface area contributed by atoms with E-state index in [1.807, 2.05) is 39.0 Å². The molecule has 1 amide bonds. The van der Waals surface area contributed by atoms with E-state index in [1.165, 1.54) is 6.08 Å². The van der Waals surface area contributed by atoms with Crippen molar-refractivity contribution in [2.24, 2.45) is 23.7 Å². The smallest absolute Gasteiger partial charge is 0.224 e. The molecule has 0 spiro atoms. The molecule has 0 saturated heterocycles. The zero-order valence-electron chi connectivity index (χ0n) is 21.7. The SMILES string of the molecule is CC(C)C[C@H](CC(=O)[C@@H](C)Cc1cccc2ccccc12)C(=O)N[C@H](/C=C/C=O)C[C@@H]1CCCC1=O. The molecular weight excluding hydrogens is 450 g/mol. The van der Waals surface area contributed by atoms with Gasteiger partial charge in [-0.3, -0.25) is 19.2 Å². The molecule has 0 radical (unpaired) electrons. The van der Waals surface area contributed by atoms with Crippen molar-refractivity contribution in [2.45, 2.75) is 71.8 Å². The largest absolute Gasteiger partial charge is 0.350 e. The Morgan fingerprint density at radius 1 is 1.08 bits per heavy atom. The summed E-state index contributed by atoms with van der Waals surface area (Å²) in [5, 5.41) is 5.34. The van der Waals surface area contributed by atoms with E-state index in [1.54, 1.807) is 6.08 Å². The second-order valence-electron chi connectivity index (χ2n) is 10.7. The maximum atomic E-state index is 13.3. The monoisotopic (exact) mass is 489 g/mol. The van der Waals surface area contributed by atoms with E-state index in [4.69, 9.17) is 0 Å². The van der Waals surface area contributed by atoms with Gasteiger partial charge >= 0.3 is 0 Å². The normalized spacial score (nSPS) is 18.4. The van der Waals surface area contributed by atoms with Gasteiger partial charge in [0.2, 0.25) is 5.91 Å². The Hall–Kier alpha value is -3.08. The molecule has 2 aromatic rings. The van der Waals surface area contributed by atoms with Crippen LogP contribution in [0.1, 0.15) is 64.9 Å². The highest BCUT2D eigenvalue weighted by molar-refractivity contribution is 5.90. The molecule has 1 fully saturated rings. The van der Waals surface area contributed by atoms with Crippen molar-refractivity contribution in [1.82, 2.24) is 5.32 Å². The molecule has 0 bridgehead atoms. The summed E-state index contributed by atoms with van der Waals surface area (Å²) in [4.78, 5) is 49.7. The Labute approximate surface area is 214 Å². The molecule has 36 heavy (non-hydrogen) atoms. The van der Waals surface area contributed by atoms with Gasteiger partial charge in [-0.05, 0) is 60.4 Å². The maximum Gasteiger partial charge on any atom is 0.224 e. The van der Waals surface area contributed by atoms with Crippen molar-refractivity contribution in [2.75, 3.05) is 0 Å². The van der Waals surface area contributed by atoms with Crippen LogP contribution in [0.4, 0.5) is 0 Å². The summed E-state index contributed by atoms with van der Waals surface area (Å²) in [5.74, 6) is -0.362. The standard InChI is InChI=1S/C31H39NO4/c1-21(2)17-26(31(36)32-27(13-8-16-33)19-25-12-7-15-29(25)34)20-30(35)22(3)18-24-11-6-10-23-9-4-5-14-28(23)24/h4-6,8-11,13-14,16,21-22,25-27H,7,12,15,17-20H2,1-3H3,(H,32,36)/b13-8+/t22-,25-,26+,27+/m0/s1. The lowest BCUT2D eigenvalue weighted by Gasteiger charge is -2.24. The van der Waals surface area contributed by atoms with Crippen LogP contribution in [0.15, 0.2) is 54.6 Å². The Bertz CT molecular complexity index is 1100. The van der Waals surface area contributed by atoms with Crippen molar-refractivity contribution in [3.63, 3.8) is 0 Å². The molecule has 0 aromatic heterocycles. The first kappa shape index (κ1) is 27.5. The van der Waals surface area contributed by atoms with Crippen LogP contribution >= 0.6 is 0 Å².